The number of nitrogens with two attached hydrogens (primary N) is 1. The number of carbonyl (C=O) groups is 1. The number of carbonyl (C=O) groups excluding carboxylic acids is 1. The maximum absolute atomic E-state index is 11.9. The zero-order chi connectivity index (χ0) is 15.9. The maximum Gasteiger partial charge on any atom is 0.237 e. The summed E-state index contributed by atoms with van der Waals surface area (Å²) in [6, 6.07) is 9.92. The molecule has 0 heterocycles. The monoisotopic (exact) mass is 291 g/mol. The molecule has 1 aromatic rings. The van der Waals surface area contributed by atoms with Gasteiger partial charge >= 0.3 is 0 Å². The molecule has 0 aliphatic rings. The fourth-order valence-electron chi connectivity index (χ4n) is 2.04. The van der Waals surface area contributed by atoms with Crippen molar-refractivity contribution < 1.29 is 4.79 Å². The SMILES string of the molecule is CN(CCCNC(=O)[C@@H](N)C(C)(C)C)Cc1ccccc1. The Morgan fingerprint density at radius 1 is 1.29 bits per heavy atom. The number of rotatable bonds is 7. The second-order valence-corrected chi connectivity index (χ2v) is 6.71. The van der Waals surface area contributed by atoms with Gasteiger partial charge in [0, 0.05) is 13.1 Å². The predicted molar refractivity (Wildman–Crippen MR) is 87.8 cm³/mol. The fraction of sp³-hybridized carbons (Fsp3) is 0.588. The van der Waals surface area contributed by atoms with Crippen molar-refractivity contribution in [3.05, 3.63) is 35.9 Å². The lowest BCUT2D eigenvalue weighted by atomic mass is 9.87. The first kappa shape index (κ1) is 17.7. The third kappa shape index (κ3) is 6.74. The molecular formula is C17H29N3O. The summed E-state index contributed by atoms with van der Waals surface area (Å²) in [5, 5.41) is 2.92. The van der Waals surface area contributed by atoms with Gasteiger partial charge in [0.25, 0.3) is 0 Å². The molecule has 3 N–H and O–H groups in total. The number of hydrogen-bond donors (Lipinski definition) is 2. The Labute approximate surface area is 128 Å². The highest BCUT2D eigenvalue weighted by molar-refractivity contribution is 5.82. The van der Waals surface area contributed by atoms with Crippen LogP contribution in [0.1, 0.15) is 32.8 Å². The average molecular weight is 291 g/mol. The summed E-state index contributed by atoms with van der Waals surface area (Å²) in [6.45, 7) is 8.47. The molecule has 1 atom stereocenters. The molecule has 0 bridgehead atoms. The van der Waals surface area contributed by atoms with E-state index < -0.39 is 6.04 Å². The van der Waals surface area contributed by atoms with E-state index >= 15 is 0 Å². The topological polar surface area (TPSA) is 58.4 Å². The molecule has 0 fully saturated rings. The van der Waals surface area contributed by atoms with E-state index in [9.17, 15) is 4.79 Å². The van der Waals surface area contributed by atoms with Crippen LogP contribution in [-0.4, -0.2) is 37.0 Å². The van der Waals surface area contributed by atoms with Gasteiger partial charge in [0.2, 0.25) is 5.91 Å². The summed E-state index contributed by atoms with van der Waals surface area (Å²) in [6.07, 6.45) is 0.923. The molecule has 0 radical (unpaired) electrons. The fourth-order valence-corrected chi connectivity index (χ4v) is 2.04. The van der Waals surface area contributed by atoms with Crippen LogP contribution in [0.2, 0.25) is 0 Å². The van der Waals surface area contributed by atoms with Crippen LogP contribution in [0.15, 0.2) is 30.3 Å². The van der Waals surface area contributed by atoms with Crippen LogP contribution < -0.4 is 11.1 Å². The van der Waals surface area contributed by atoms with Gasteiger partial charge in [-0.2, -0.15) is 0 Å². The van der Waals surface area contributed by atoms with Crippen molar-refractivity contribution in [1.82, 2.24) is 10.2 Å². The van der Waals surface area contributed by atoms with E-state index in [0.717, 1.165) is 19.5 Å². The van der Waals surface area contributed by atoms with Crippen molar-refractivity contribution in [2.45, 2.75) is 39.8 Å². The number of nitrogens with one attached hydrogen (secondary N) is 1. The number of amides is 1. The van der Waals surface area contributed by atoms with Gasteiger partial charge in [0.05, 0.1) is 6.04 Å². The first-order valence-corrected chi connectivity index (χ1v) is 7.56. The highest BCUT2D eigenvalue weighted by Crippen LogP contribution is 2.17. The van der Waals surface area contributed by atoms with Crippen LogP contribution in [0.3, 0.4) is 0 Å². The first-order valence-electron chi connectivity index (χ1n) is 7.56. The summed E-state index contributed by atoms with van der Waals surface area (Å²) >= 11 is 0. The smallest absolute Gasteiger partial charge is 0.237 e. The van der Waals surface area contributed by atoms with Crippen LogP contribution in [0.5, 0.6) is 0 Å². The van der Waals surface area contributed by atoms with Gasteiger partial charge in [-0.1, -0.05) is 51.1 Å². The van der Waals surface area contributed by atoms with Gasteiger partial charge in [-0.3, -0.25) is 4.79 Å². The van der Waals surface area contributed by atoms with Crippen LogP contribution >= 0.6 is 0 Å². The lowest BCUT2D eigenvalue weighted by Crippen LogP contribution is -2.48. The van der Waals surface area contributed by atoms with Gasteiger partial charge in [0.1, 0.15) is 0 Å². The Hall–Kier alpha value is -1.39. The zero-order valence-corrected chi connectivity index (χ0v) is 13.7. The van der Waals surface area contributed by atoms with Crippen molar-refractivity contribution in [2.75, 3.05) is 20.1 Å². The van der Waals surface area contributed by atoms with Crippen molar-refractivity contribution >= 4 is 5.91 Å². The van der Waals surface area contributed by atoms with Gasteiger partial charge in [-0.15, -0.1) is 0 Å². The lowest BCUT2D eigenvalue weighted by molar-refractivity contribution is -0.124. The Morgan fingerprint density at radius 3 is 2.48 bits per heavy atom. The molecule has 0 saturated heterocycles. The van der Waals surface area contributed by atoms with E-state index in [-0.39, 0.29) is 11.3 Å². The minimum absolute atomic E-state index is 0.0618. The van der Waals surface area contributed by atoms with Crippen LogP contribution in [0.4, 0.5) is 0 Å². The Kier molecular flexibility index (Phi) is 6.85. The van der Waals surface area contributed by atoms with Gasteiger partial charge < -0.3 is 16.0 Å². The molecule has 1 aromatic carbocycles. The standard InChI is InChI=1S/C17H29N3O/c1-17(2,3)15(18)16(21)19-11-8-12-20(4)13-14-9-6-5-7-10-14/h5-7,9-10,15H,8,11-13,18H2,1-4H3,(H,19,21)/t15-/m1/s1. The molecule has 0 aliphatic heterocycles. The maximum atomic E-state index is 11.9. The Bertz CT molecular complexity index is 425. The normalized spacial score (nSPS) is 13.2. The molecule has 0 spiro atoms. The second-order valence-electron chi connectivity index (χ2n) is 6.71. The highest BCUT2D eigenvalue weighted by atomic mass is 16.2. The van der Waals surface area contributed by atoms with E-state index in [4.69, 9.17) is 5.73 Å². The molecule has 0 aromatic heterocycles. The van der Waals surface area contributed by atoms with Gasteiger partial charge in [-0.25, -0.2) is 0 Å². The van der Waals surface area contributed by atoms with Crippen molar-refractivity contribution in [3.8, 4) is 0 Å². The van der Waals surface area contributed by atoms with Crippen LogP contribution in [-0.2, 0) is 11.3 Å². The lowest BCUT2D eigenvalue weighted by Gasteiger charge is -2.26. The molecule has 4 nitrogen and oxygen atoms in total. The van der Waals surface area contributed by atoms with Crippen molar-refractivity contribution in [3.63, 3.8) is 0 Å². The van der Waals surface area contributed by atoms with Crippen molar-refractivity contribution in [1.29, 1.82) is 0 Å². The average Bonchev–Trinajstić information content (AvgIpc) is 2.42. The number of hydrogen-bond acceptors (Lipinski definition) is 3. The van der Waals surface area contributed by atoms with E-state index in [1.165, 1.54) is 5.56 Å². The molecule has 0 unspecified atom stereocenters. The third-order valence-corrected chi connectivity index (χ3v) is 3.53. The molecule has 0 aliphatic carbocycles. The molecule has 1 rings (SSSR count). The number of nitrogens with zero attached hydrogens (tertiary/aromatic N) is 1. The summed E-state index contributed by atoms with van der Waals surface area (Å²) in [5.41, 5.74) is 7.02. The van der Waals surface area contributed by atoms with E-state index in [1.54, 1.807) is 0 Å². The molecule has 4 heteroatoms. The second kappa shape index (κ2) is 8.15. The van der Waals surface area contributed by atoms with E-state index in [0.29, 0.717) is 6.54 Å². The van der Waals surface area contributed by atoms with Crippen LogP contribution in [0.25, 0.3) is 0 Å². The summed E-state index contributed by atoms with van der Waals surface area (Å²) in [4.78, 5) is 14.1. The Morgan fingerprint density at radius 2 is 1.90 bits per heavy atom. The molecule has 21 heavy (non-hydrogen) atoms. The van der Waals surface area contributed by atoms with Gasteiger partial charge in [-0.05, 0) is 31.0 Å². The molecule has 0 saturated carbocycles. The quantitative estimate of drug-likeness (QED) is 0.755. The van der Waals surface area contributed by atoms with E-state index in [2.05, 4.69) is 41.5 Å². The molecule has 1 amide bonds. The molecular weight excluding hydrogens is 262 g/mol. The zero-order valence-electron chi connectivity index (χ0n) is 13.7. The third-order valence-electron chi connectivity index (χ3n) is 3.53. The Balaban J connectivity index is 2.21. The first-order chi connectivity index (χ1) is 9.80. The number of benzene rings is 1. The minimum atomic E-state index is -0.459. The summed E-state index contributed by atoms with van der Waals surface area (Å²) < 4.78 is 0. The summed E-state index contributed by atoms with van der Waals surface area (Å²) in [5.74, 6) is -0.0618. The largest absolute Gasteiger partial charge is 0.355 e. The molecule has 118 valence electrons. The van der Waals surface area contributed by atoms with Crippen LogP contribution in [0, 0.1) is 5.41 Å². The predicted octanol–water partition coefficient (Wildman–Crippen LogP) is 2.00. The van der Waals surface area contributed by atoms with Crippen molar-refractivity contribution in [2.24, 2.45) is 11.1 Å². The van der Waals surface area contributed by atoms with Gasteiger partial charge in [0.15, 0.2) is 0 Å². The summed E-state index contributed by atoms with van der Waals surface area (Å²) in [7, 11) is 2.09. The minimum Gasteiger partial charge on any atom is -0.355 e. The van der Waals surface area contributed by atoms with E-state index in [1.807, 2.05) is 26.8 Å². The highest BCUT2D eigenvalue weighted by Gasteiger charge is 2.26.